The largest absolute Gasteiger partial charge is 0.481 e. The van der Waals surface area contributed by atoms with Crippen molar-refractivity contribution in [2.75, 3.05) is 0 Å². The lowest BCUT2D eigenvalue weighted by Crippen LogP contribution is -2.28. The summed E-state index contributed by atoms with van der Waals surface area (Å²) in [6.07, 6.45) is 4.91. The first-order chi connectivity index (χ1) is 8.16. The van der Waals surface area contributed by atoms with Crippen LogP contribution in [0.1, 0.15) is 31.2 Å². The fourth-order valence-corrected chi connectivity index (χ4v) is 2.83. The number of hydrogen-bond donors (Lipinski definition) is 1. The molecule has 0 heterocycles. The summed E-state index contributed by atoms with van der Waals surface area (Å²) < 4.78 is 0. The van der Waals surface area contributed by atoms with Crippen LogP contribution in [0.3, 0.4) is 0 Å². The molecular formula is C14H17ClO2. The number of benzene rings is 1. The molecule has 92 valence electrons. The molecule has 0 radical (unpaired) electrons. The predicted octanol–water partition coefficient (Wildman–Crippen LogP) is 3.77. The highest BCUT2D eigenvalue weighted by Gasteiger charge is 2.30. The van der Waals surface area contributed by atoms with Crippen molar-refractivity contribution in [3.8, 4) is 0 Å². The lowest BCUT2D eigenvalue weighted by Gasteiger charge is -2.28. The van der Waals surface area contributed by atoms with Gasteiger partial charge in [0.2, 0.25) is 0 Å². The summed E-state index contributed by atoms with van der Waals surface area (Å²) >= 11 is 5.84. The van der Waals surface area contributed by atoms with Gasteiger partial charge in [-0.15, -0.1) is 0 Å². The highest BCUT2D eigenvalue weighted by atomic mass is 35.5. The molecule has 0 spiro atoms. The van der Waals surface area contributed by atoms with E-state index in [4.69, 9.17) is 11.6 Å². The van der Waals surface area contributed by atoms with Crippen molar-refractivity contribution in [2.45, 2.75) is 32.1 Å². The molecule has 3 heteroatoms. The van der Waals surface area contributed by atoms with Gasteiger partial charge in [-0.05, 0) is 42.9 Å². The van der Waals surface area contributed by atoms with E-state index in [0.29, 0.717) is 0 Å². The zero-order valence-corrected chi connectivity index (χ0v) is 10.5. The van der Waals surface area contributed by atoms with Crippen molar-refractivity contribution in [2.24, 2.45) is 11.8 Å². The van der Waals surface area contributed by atoms with Gasteiger partial charge in [-0.1, -0.05) is 36.6 Å². The van der Waals surface area contributed by atoms with Gasteiger partial charge in [0, 0.05) is 5.02 Å². The Kier molecular flexibility index (Phi) is 4.06. The van der Waals surface area contributed by atoms with Gasteiger partial charge in [0.15, 0.2) is 0 Å². The molecule has 17 heavy (non-hydrogen) atoms. The lowest BCUT2D eigenvalue weighted by molar-refractivity contribution is -0.144. The fraction of sp³-hybridized carbons (Fsp3) is 0.500. The second-order valence-corrected chi connectivity index (χ2v) is 5.26. The molecule has 0 aromatic heterocycles. The molecule has 1 N–H and O–H groups in total. The highest BCUT2D eigenvalue weighted by Crippen LogP contribution is 2.32. The maximum Gasteiger partial charge on any atom is 0.306 e. The number of hydrogen-bond acceptors (Lipinski definition) is 1. The topological polar surface area (TPSA) is 37.3 Å². The molecule has 2 atom stereocenters. The highest BCUT2D eigenvalue weighted by molar-refractivity contribution is 6.30. The van der Waals surface area contributed by atoms with Gasteiger partial charge in [0.25, 0.3) is 0 Å². The third-order valence-corrected chi connectivity index (χ3v) is 3.89. The average Bonchev–Trinajstić information content (AvgIpc) is 2.32. The predicted molar refractivity (Wildman–Crippen MR) is 68.2 cm³/mol. The number of carboxylic acids is 1. The molecule has 1 aliphatic rings. The lowest BCUT2D eigenvalue weighted by atomic mass is 9.76. The van der Waals surface area contributed by atoms with Gasteiger partial charge in [-0.2, -0.15) is 0 Å². The van der Waals surface area contributed by atoms with Crippen molar-refractivity contribution >= 4 is 17.6 Å². The third-order valence-electron chi connectivity index (χ3n) is 3.64. The zero-order valence-electron chi connectivity index (χ0n) is 9.73. The Morgan fingerprint density at radius 2 is 1.88 bits per heavy atom. The summed E-state index contributed by atoms with van der Waals surface area (Å²) in [5, 5.41) is 9.94. The molecule has 0 aliphatic heterocycles. The van der Waals surface area contributed by atoms with E-state index in [2.05, 4.69) is 0 Å². The summed E-state index contributed by atoms with van der Waals surface area (Å²) in [4.78, 5) is 11.2. The molecule has 2 nitrogen and oxygen atoms in total. The molecular weight excluding hydrogens is 236 g/mol. The minimum atomic E-state index is -0.635. The minimum Gasteiger partial charge on any atom is -0.481 e. The SMILES string of the molecule is O=C(O)C1CCCCC1Cc1ccc(Cl)cc1. The van der Waals surface area contributed by atoms with Gasteiger partial charge >= 0.3 is 5.97 Å². The smallest absolute Gasteiger partial charge is 0.306 e. The van der Waals surface area contributed by atoms with Crippen LogP contribution in [0.25, 0.3) is 0 Å². The Balaban J connectivity index is 2.05. The van der Waals surface area contributed by atoms with Crippen molar-refractivity contribution in [3.05, 3.63) is 34.9 Å². The molecule has 1 saturated carbocycles. The third kappa shape index (κ3) is 3.22. The second-order valence-electron chi connectivity index (χ2n) is 4.82. The number of carboxylic acid groups (broad SMARTS) is 1. The van der Waals surface area contributed by atoms with Crippen LogP contribution in [0, 0.1) is 11.8 Å². The molecule has 1 aromatic rings. The van der Waals surface area contributed by atoms with Crippen molar-refractivity contribution < 1.29 is 9.90 Å². The summed E-state index contributed by atoms with van der Waals surface area (Å²) in [7, 11) is 0. The Hall–Kier alpha value is -1.02. The summed E-state index contributed by atoms with van der Waals surface area (Å²) in [6.45, 7) is 0. The first-order valence-corrected chi connectivity index (χ1v) is 6.52. The van der Waals surface area contributed by atoms with Crippen LogP contribution < -0.4 is 0 Å². The maximum atomic E-state index is 11.2. The number of rotatable bonds is 3. The fourth-order valence-electron chi connectivity index (χ4n) is 2.70. The van der Waals surface area contributed by atoms with E-state index in [9.17, 15) is 9.90 Å². The number of carbonyl (C=O) groups is 1. The van der Waals surface area contributed by atoms with Crippen molar-refractivity contribution in [1.29, 1.82) is 0 Å². The van der Waals surface area contributed by atoms with E-state index in [-0.39, 0.29) is 11.8 Å². The Bertz CT molecular complexity index is 386. The van der Waals surface area contributed by atoms with E-state index >= 15 is 0 Å². The molecule has 2 unspecified atom stereocenters. The van der Waals surface area contributed by atoms with Gasteiger partial charge in [0.1, 0.15) is 0 Å². The molecule has 0 saturated heterocycles. The number of aliphatic carboxylic acids is 1. The van der Waals surface area contributed by atoms with Gasteiger partial charge in [-0.3, -0.25) is 4.79 Å². The average molecular weight is 253 g/mol. The van der Waals surface area contributed by atoms with Crippen LogP contribution in [0.4, 0.5) is 0 Å². The molecule has 1 aliphatic carbocycles. The second kappa shape index (κ2) is 5.54. The first kappa shape index (κ1) is 12.4. The zero-order chi connectivity index (χ0) is 12.3. The molecule has 1 aromatic carbocycles. The monoisotopic (exact) mass is 252 g/mol. The van der Waals surface area contributed by atoms with E-state index < -0.39 is 5.97 Å². The van der Waals surface area contributed by atoms with Crippen molar-refractivity contribution in [3.63, 3.8) is 0 Å². The van der Waals surface area contributed by atoms with Crippen LogP contribution in [0.5, 0.6) is 0 Å². The Labute approximate surface area is 107 Å². The number of halogens is 1. The van der Waals surface area contributed by atoms with E-state index in [1.54, 1.807) is 0 Å². The standard InChI is InChI=1S/C14H17ClO2/c15-12-7-5-10(6-8-12)9-11-3-1-2-4-13(11)14(16)17/h5-8,11,13H,1-4,9H2,(H,16,17). The quantitative estimate of drug-likeness (QED) is 0.889. The maximum absolute atomic E-state index is 11.2. The van der Waals surface area contributed by atoms with Crippen LogP contribution in [0.2, 0.25) is 5.02 Å². The van der Waals surface area contributed by atoms with Gasteiger partial charge < -0.3 is 5.11 Å². The van der Waals surface area contributed by atoms with Gasteiger partial charge in [-0.25, -0.2) is 0 Å². The van der Waals surface area contributed by atoms with Crippen LogP contribution in [-0.2, 0) is 11.2 Å². The summed E-state index contributed by atoms with van der Waals surface area (Å²) in [5.41, 5.74) is 1.19. The Morgan fingerprint density at radius 1 is 1.24 bits per heavy atom. The van der Waals surface area contributed by atoms with Gasteiger partial charge in [0.05, 0.1) is 5.92 Å². The minimum absolute atomic E-state index is 0.167. The molecule has 0 bridgehead atoms. The van der Waals surface area contributed by atoms with E-state index in [0.717, 1.165) is 37.1 Å². The summed E-state index contributed by atoms with van der Waals surface area (Å²) in [5.74, 6) is -0.523. The van der Waals surface area contributed by atoms with Crippen LogP contribution >= 0.6 is 11.6 Å². The molecule has 1 fully saturated rings. The van der Waals surface area contributed by atoms with Crippen molar-refractivity contribution in [1.82, 2.24) is 0 Å². The normalized spacial score (nSPS) is 24.5. The van der Waals surface area contributed by atoms with E-state index in [1.807, 2.05) is 24.3 Å². The van der Waals surface area contributed by atoms with Crippen LogP contribution in [0.15, 0.2) is 24.3 Å². The Morgan fingerprint density at radius 3 is 2.53 bits per heavy atom. The van der Waals surface area contributed by atoms with Crippen LogP contribution in [-0.4, -0.2) is 11.1 Å². The molecule has 0 amide bonds. The first-order valence-electron chi connectivity index (χ1n) is 6.14. The summed E-state index contributed by atoms with van der Waals surface area (Å²) in [6, 6.07) is 7.73. The van der Waals surface area contributed by atoms with E-state index in [1.165, 1.54) is 5.56 Å². The molecule has 2 rings (SSSR count).